The number of benzene rings is 2. The van der Waals surface area contributed by atoms with Crippen LogP contribution in [0.2, 0.25) is 0 Å². The molecule has 4 aliphatic carbocycles. The largest absolute Gasteiger partial charge is 0.508 e. The number of pyridine rings is 2. The van der Waals surface area contributed by atoms with Gasteiger partial charge in [-0.1, -0.05) is 37.1 Å². The van der Waals surface area contributed by atoms with E-state index < -0.39 is 0 Å². The van der Waals surface area contributed by atoms with Crippen molar-refractivity contribution in [3.8, 4) is 39.5 Å². The summed E-state index contributed by atoms with van der Waals surface area (Å²) in [6, 6.07) is 17.5. The number of fused-ring (bicyclic) bond motifs is 2. The first-order valence-electron chi connectivity index (χ1n) is 17.3. The summed E-state index contributed by atoms with van der Waals surface area (Å²) in [5.41, 5.74) is 6.08. The van der Waals surface area contributed by atoms with Gasteiger partial charge in [0.2, 0.25) is 0 Å². The lowest BCUT2D eigenvalue weighted by atomic mass is 9.54. The quantitative estimate of drug-likeness (QED) is 0.175. The Hall–Kier alpha value is -4.89. The fourth-order valence-corrected chi connectivity index (χ4v) is 7.81. The summed E-state index contributed by atoms with van der Waals surface area (Å²) < 4.78 is 23.8. The molecule has 0 aliphatic heterocycles. The summed E-state index contributed by atoms with van der Waals surface area (Å²) in [6.45, 7) is 0. The van der Waals surface area contributed by atoms with Crippen LogP contribution in [0.15, 0.2) is 98.1 Å². The van der Waals surface area contributed by atoms with E-state index in [9.17, 15) is 19.7 Å². The van der Waals surface area contributed by atoms with E-state index >= 15 is 0 Å². The van der Waals surface area contributed by atoms with Crippen LogP contribution in [-0.4, -0.2) is 46.3 Å². The van der Waals surface area contributed by atoms with Gasteiger partial charge in [-0.05, 0) is 104 Å². The number of ether oxygens (including phenoxy) is 1. The molecule has 3 N–H and O–H groups in total. The maximum Gasteiger partial charge on any atom is 0.149 e. The summed E-state index contributed by atoms with van der Waals surface area (Å²) in [4.78, 5) is 8.17. The standard InChI is InChI=1S/C20H20N2O2.C13H9FN2O.C7H12O/c23-16-4-2-14(3-5-16)15-10-18(17-11-21-13-22(17)12-15)24-19-6-9-20(19)7-1-8-20;14-12-5-10(7-16-8-15-6-13(12)16)9-1-3-11(17)4-2-9;8-6-2-5-7(6)3-1-4-7/h2-5,10-13,19,23H,1,6-9H2;1-8,17H;6,8H,1-5H2. The van der Waals surface area contributed by atoms with Gasteiger partial charge in [0.1, 0.15) is 40.2 Å². The van der Waals surface area contributed by atoms with E-state index in [0.29, 0.717) is 22.5 Å². The van der Waals surface area contributed by atoms with Crippen molar-refractivity contribution in [3.63, 3.8) is 0 Å². The molecule has 0 bridgehead atoms. The Bertz CT molecular complexity index is 2070. The predicted octanol–water partition coefficient (Wildman–Crippen LogP) is 8.58. The van der Waals surface area contributed by atoms with Gasteiger partial charge in [0.15, 0.2) is 0 Å². The molecule has 2 spiro atoms. The van der Waals surface area contributed by atoms with Crippen LogP contribution in [0.3, 0.4) is 0 Å². The molecule has 10 rings (SSSR count). The first-order chi connectivity index (χ1) is 23.8. The average molecular weight is 661 g/mol. The lowest BCUT2D eigenvalue weighted by molar-refractivity contribution is -0.115. The molecule has 2 aromatic carbocycles. The summed E-state index contributed by atoms with van der Waals surface area (Å²) in [5.74, 6) is 1.07. The maximum absolute atomic E-state index is 13.7. The number of rotatable bonds is 4. The minimum absolute atomic E-state index is 0.0799. The number of aromatic hydroxyl groups is 2. The van der Waals surface area contributed by atoms with Gasteiger partial charge >= 0.3 is 0 Å². The zero-order valence-electron chi connectivity index (χ0n) is 27.4. The van der Waals surface area contributed by atoms with Crippen LogP contribution in [0, 0.1) is 16.6 Å². The van der Waals surface area contributed by atoms with E-state index in [4.69, 9.17) is 4.74 Å². The minimum atomic E-state index is -0.312. The number of hydrogen-bond donors (Lipinski definition) is 3. The van der Waals surface area contributed by atoms with Gasteiger partial charge in [0.25, 0.3) is 0 Å². The molecule has 4 saturated carbocycles. The molecule has 252 valence electrons. The van der Waals surface area contributed by atoms with E-state index in [1.54, 1.807) is 53.3 Å². The number of phenols is 2. The minimum Gasteiger partial charge on any atom is -0.508 e. The SMILES string of the molecule is OC1CCC12CCC2.Oc1ccc(-c2cc(F)c3cncn3c2)cc1.Oc1ccc(-c2cc(OC3CCC34CCC4)c3cncn3c2)cc1. The molecular weight excluding hydrogens is 619 g/mol. The van der Waals surface area contributed by atoms with Crippen LogP contribution in [0.25, 0.3) is 33.3 Å². The lowest BCUT2D eigenvalue weighted by Crippen LogP contribution is -2.52. The first-order valence-corrected chi connectivity index (χ1v) is 17.3. The number of aromatic nitrogens is 4. The molecule has 6 aromatic rings. The fraction of sp³-hybridized carbons (Fsp3) is 0.350. The number of imidazole rings is 2. The highest BCUT2D eigenvalue weighted by Gasteiger charge is 2.52. The number of halogens is 1. The van der Waals surface area contributed by atoms with Gasteiger partial charge in [0.05, 0.1) is 31.2 Å². The molecule has 2 unspecified atom stereocenters. The molecule has 49 heavy (non-hydrogen) atoms. The van der Waals surface area contributed by atoms with E-state index in [2.05, 4.69) is 22.2 Å². The number of aliphatic hydroxyl groups is 1. The van der Waals surface area contributed by atoms with Crippen molar-refractivity contribution in [2.75, 3.05) is 0 Å². The Balaban J connectivity index is 0.000000120. The Labute approximate surface area is 284 Å². The molecule has 4 aromatic heterocycles. The van der Waals surface area contributed by atoms with Gasteiger partial charge in [-0.3, -0.25) is 0 Å². The average Bonchev–Trinajstić information content (AvgIpc) is 3.73. The van der Waals surface area contributed by atoms with Gasteiger partial charge in [-0.25, -0.2) is 14.4 Å². The van der Waals surface area contributed by atoms with Crippen molar-refractivity contribution in [1.29, 1.82) is 0 Å². The molecular formula is C40H41FN4O4. The maximum atomic E-state index is 13.7. The third-order valence-electron chi connectivity index (χ3n) is 11.5. The molecule has 2 atom stereocenters. The zero-order chi connectivity index (χ0) is 33.6. The summed E-state index contributed by atoms with van der Waals surface area (Å²) in [6.07, 6.45) is 23.8. The second kappa shape index (κ2) is 12.5. The fourth-order valence-electron chi connectivity index (χ4n) is 7.81. The summed E-state index contributed by atoms with van der Waals surface area (Å²) >= 11 is 0. The Morgan fingerprint density at radius 2 is 1.18 bits per heavy atom. The van der Waals surface area contributed by atoms with Crippen LogP contribution < -0.4 is 4.74 Å². The summed E-state index contributed by atoms with van der Waals surface area (Å²) in [7, 11) is 0. The van der Waals surface area contributed by atoms with Crippen LogP contribution in [0.5, 0.6) is 17.2 Å². The van der Waals surface area contributed by atoms with Crippen molar-refractivity contribution >= 4 is 11.0 Å². The molecule has 9 heteroatoms. The molecule has 8 nitrogen and oxygen atoms in total. The number of aliphatic hydroxyl groups excluding tert-OH is 1. The zero-order valence-corrected chi connectivity index (χ0v) is 27.4. The number of nitrogens with zero attached hydrogens (tertiary/aromatic N) is 4. The van der Waals surface area contributed by atoms with E-state index in [0.717, 1.165) is 46.4 Å². The van der Waals surface area contributed by atoms with Crippen LogP contribution in [0.4, 0.5) is 4.39 Å². The lowest BCUT2D eigenvalue weighted by Gasteiger charge is -2.55. The van der Waals surface area contributed by atoms with Crippen molar-refractivity contribution in [1.82, 2.24) is 18.8 Å². The third-order valence-corrected chi connectivity index (χ3v) is 11.5. The van der Waals surface area contributed by atoms with Crippen LogP contribution >= 0.6 is 0 Å². The highest BCUT2D eigenvalue weighted by molar-refractivity contribution is 5.71. The van der Waals surface area contributed by atoms with Gasteiger partial charge in [-0.2, -0.15) is 0 Å². The summed E-state index contributed by atoms with van der Waals surface area (Å²) in [5, 5.41) is 27.9. The van der Waals surface area contributed by atoms with Crippen molar-refractivity contribution < 1.29 is 24.4 Å². The Kier molecular flexibility index (Phi) is 8.02. The first kappa shape index (κ1) is 31.4. The van der Waals surface area contributed by atoms with Gasteiger partial charge < -0.3 is 28.9 Å². The van der Waals surface area contributed by atoms with E-state index in [1.807, 2.05) is 29.1 Å². The van der Waals surface area contributed by atoms with Gasteiger partial charge in [0, 0.05) is 28.9 Å². The highest BCUT2D eigenvalue weighted by Crippen LogP contribution is 2.57. The van der Waals surface area contributed by atoms with Crippen molar-refractivity contribution in [3.05, 3.63) is 104 Å². The van der Waals surface area contributed by atoms with Crippen molar-refractivity contribution in [2.45, 2.75) is 76.4 Å². The Morgan fingerprint density at radius 1 is 0.653 bits per heavy atom. The number of hydrogen-bond acceptors (Lipinski definition) is 6. The van der Waals surface area contributed by atoms with E-state index in [-0.39, 0.29) is 23.4 Å². The Morgan fingerprint density at radius 3 is 1.63 bits per heavy atom. The monoisotopic (exact) mass is 660 g/mol. The smallest absolute Gasteiger partial charge is 0.149 e. The molecule has 4 heterocycles. The molecule has 4 aliphatic rings. The topological polar surface area (TPSA) is 105 Å². The highest BCUT2D eigenvalue weighted by atomic mass is 19.1. The number of phenolic OH excluding ortho intramolecular Hbond substituents is 2. The molecule has 0 radical (unpaired) electrons. The van der Waals surface area contributed by atoms with Crippen molar-refractivity contribution in [2.24, 2.45) is 10.8 Å². The molecule has 0 amide bonds. The third kappa shape index (κ3) is 5.90. The molecule has 0 saturated heterocycles. The van der Waals surface area contributed by atoms with Crippen LogP contribution in [-0.2, 0) is 0 Å². The van der Waals surface area contributed by atoms with Gasteiger partial charge in [-0.15, -0.1) is 0 Å². The van der Waals surface area contributed by atoms with E-state index in [1.165, 1.54) is 63.6 Å². The normalized spacial score (nSPS) is 20.9. The second-order valence-electron chi connectivity index (χ2n) is 14.3. The molecule has 4 fully saturated rings. The van der Waals surface area contributed by atoms with Crippen LogP contribution in [0.1, 0.15) is 64.2 Å². The second-order valence-corrected chi connectivity index (χ2v) is 14.3. The predicted molar refractivity (Wildman–Crippen MR) is 186 cm³/mol.